The van der Waals surface area contributed by atoms with Crippen LogP contribution in [0.1, 0.15) is 22.0 Å². The zero-order valence-corrected chi connectivity index (χ0v) is 14.6. The Balaban J connectivity index is 1.58. The standard InChI is InChI=1S/C16H12N4O5S/c1-8-11(12-14(24-8)17-7-20(2)15(12)21)16(22)23-5-10-18-13(19-25-10)9-3-4-26-6-9/h3-4,6-7H,5H2,1-2H3. The van der Waals surface area contributed by atoms with E-state index < -0.39 is 11.5 Å². The summed E-state index contributed by atoms with van der Waals surface area (Å²) >= 11 is 1.51. The van der Waals surface area contributed by atoms with Gasteiger partial charge in [0.05, 0.1) is 0 Å². The quantitative estimate of drug-likeness (QED) is 0.501. The number of thiophene rings is 1. The normalized spacial score (nSPS) is 11.2. The average Bonchev–Trinajstić information content (AvgIpc) is 3.34. The van der Waals surface area contributed by atoms with Gasteiger partial charge >= 0.3 is 5.97 Å². The Morgan fingerprint density at radius 3 is 3.04 bits per heavy atom. The number of furan rings is 1. The minimum Gasteiger partial charge on any atom is -0.452 e. The summed E-state index contributed by atoms with van der Waals surface area (Å²) in [5, 5.41) is 7.70. The van der Waals surface area contributed by atoms with Crippen LogP contribution in [0.5, 0.6) is 0 Å². The molecule has 9 nitrogen and oxygen atoms in total. The number of carbonyl (C=O) groups is 1. The predicted molar refractivity (Wildman–Crippen MR) is 90.7 cm³/mol. The van der Waals surface area contributed by atoms with Crippen LogP contribution in [0.15, 0.2) is 36.9 Å². The fourth-order valence-electron chi connectivity index (χ4n) is 2.45. The van der Waals surface area contributed by atoms with E-state index in [1.807, 2.05) is 16.8 Å². The van der Waals surface area contributed by atoms with Crippen molar-refractivity contribution in [2.45, 2.75) is 13.5 Å². The van der Waals surface area contributed by atoms with Crippen LogP contribution in [0, 0.1) is 6.92 Å². The van der Waals surface area contributed by atoms with Gasteiger partial charge in [-0.25, -0.2) is 9.78 Å². The number of nitrogens with zero attached hydrogens (tertiary/aromatic N) is 4. The van der Waals surface area contributed by atoms with Crippen LogP contribution in [0.3, 0.4) is 0 Å². The number of aryl methyl sites for hydroxylation is 2. The second-order valence-corrected chi connectivity index (χ2v) is 6.25. The first-order valence-electron chi connectivity index (χ1n) is 7.51. The predicted octanol–water partition coefficient (Wildman–Crippen LogP) is 2.30. The Hall–Kier alpha value is -3.27. The Morgan fingerprint density at radius 2 is 2.27 bits per heavy atom. The maximum absolute atomic E-state index is 12.5. The van der Waals surface area contributed by atoms with Crippen molar-refractivity contribution < 1.29 is 18.5 Å². The van der Waals surface area contributed by atoms with Crippen LogP contribution in [-0.4, -0.2) is 25.7 Å². The Bertz CT molecular complexity index is 1160. The highest BCUT2D eigenvalue weighted by Gasteiger charge is 2.24. The molecule has 4 heterocycles. The van der Waals surface area contributed by atoms with Crippen molar-refractivity contribution in [3.05, 3.63) is 50.7 Å². The van der Waals surface area contributed by atoms with Gasteiger partial charge in [0.15, 0.2) is 6.61 Å². The number of esters is 1. The first kappa shape index (κ1) is 16.2. The molecule has 0 saturated carbocycles. The lowest BCUT2D eigenvalue weighted by molar-refractivity contribution is 0.0430. The maximum Gasteiger partial charge on any atom is 0.343 e. The fourth-order valence-corrected chi connectivity index (χ4v) is 3.09. The van der Waals surface area contributed by atoms with Gasteiger partial charge in [-0.05, 0) is 18.4 Å². The van der Waals surface area contributed by atoms with Crippen LogP contribution < -0.4 is 5.56 Å². The monoisotopic (exact) mass is 372 g/mol. The molecule has 26 heavy (non-hydrogen) atoms. The number of carbonyl (C=O) groups excluding carboxylic acids is 1. The molecule has 0 aromatic carbocycles. The summed E-state index contributed by atoms with van der Waals surface area (Å²) in [7, 11) is 1.54. The lowest BCUT2D eigenvalue weighted by Crippen LogP contribution is -2.19. The summed E-state index contributed by atoms with van der Waals surface area (Å²) in [6.07, 6.45) is 1.33. The van der Waals surface area contributed by atoms with Crippen molar-refractivity contribution in [1.82, 2.24) is 19.7 Å². The minimum atomic E-state index is -0.721. The molecule has 0 atom stereocenters. The highest BCUT2D eigenvalue weighted by molar-refractivity contribution is 7.08. The number of hydrogen-bond donors (Lipinski definition) is 0. The zero-order valence-electron chi connectivity index (χ0n) is 13.8. The van der Waals surface area contributed by atoms with E-state index in [0.717, 1.165) is 5.56 Å². The second-order valence-electron chi connectivity index (χ2n) is 5.47. The van der Waals surface area contributed by atoms with Gasteiger partial charge in [0, 0.05) is 18.0 Å². The maximum atomic E-state index is 12.5. The first-order valence-corrected chi connectivity index (χ1v) is 8.46. The summed E-state index contributed by atoms with van der Waals surface area (Å²) < 4.78 is 16.9. The van der Waals surface area contributed by atoms with Crippen LogP contribution in [0.4, 0.5) is 0 Å². The van der Waals surface area contributed by atoms with Gasteiger partial charge in [0.2, 0.25) is 11.5 Å². The van der Waals surface area contributed by atoms with Crippen molar-refractivity contribution in [2.75, 3.05) is 0 Å². The van der Waals surface area contributed by atoms with Crippen molar-refractivity contribution in [1.29, 1.82) is 0 Å². The Morgan fingerprint density at radius 1 is 1.42 bits per heavy atom. The molecule has 0 aliphatic carbocycles. The van der Waals surface area contributed by atoms with Gasteiger partial charge in [-0.15, -0.1) is 0 Å². The largest absolute Gasteiger partial charge is 0.452 e. The van der Waals surface area contributed by atoms with Crippen molar-refractivity contribution in [3.8, 4) is 11.4 Å². The Labute approximate surface area is 149 Å². The molecule has 0 unspecified atom stereocenters. The number of fused-ring (bicyclic) bond motifs is 1. The Kier molecular flexibility index (Phi) is 3.88. The van der Waals surface area contributed by atoms with E-state index in [0.29, 0.717) is 5.82 Å². The molecule has 4 aromatic rings. The summed E-state index contributed by atoms with van der Waals surface area (Å²) in [6, 6.07) is 1.86. The molecule has 0 radical (unpaired) electrons. The molecular formula is C16H12N4O5S. The highest BCUT2D eigenvalue weighted by Crippen LogP contribution is 2.22. The molecule has 0 saturated heterocycles. The minimum absolute atomic E-state index is 0.0475. The van der Waals surface area contributed by atoms with Crippen LogP contribution in [-0.2, 0) is 18.4 Å². The van der Waals surface area contributed by atoms with Gasteiger partial charge < -0.3 is 18.2 Å². The third-order valence-corrected chi connectivity index (χ3v) is 4.41. The zero-order chi connectivity index (χ0) is 18.3. The van der Waals surface area contributed by atoms with Gasteiger partial charge in [-0.1, -0.05) is 5.16 Å². The molecule has 132 valence electrons. The summed E-state index contributed by atoms with van der Waals surface area (Å²) in [5.41, 5.74) is 0.570. The van der Waals surface area contributed by atoms with Crippen molar-refractivity contribution in [2.24, 2.45) is 7.05 Å². The van der Waals surface area contributed by atoms with E-state index >= 15 is 0 Å². The average molecular weight is 372 g/mol. The van der Waals surface area contributed by atoms with E-state index in [2.05, 4.69) is 15.1 Å². The molecule has 0 aliphatic rings. The van der Waals surface area contributed by atoms with E-state index in [-0.39, 0.29) is 34.9 Å². The molecular weight excluding hydrogens is 360 g/mol. The summed E-state index contributed by atoms with van der Waals surface area (Å²) in [4.78, 5) is 32.9. The third kappa shape index (κ3) is 2.69. The van der Waals surface area contributed by atoms with E-state index in [1.54, 1.807) is 6.92 Å². The number of hydrogen-bond acceptors (Lipinski definition) is 9. The van der Waals surface area contributed by atoms with Crippen LogP contribution in [0.25, 0.3) is 22.5 Å². The van der Waals surface area contributed by atoms with Crippen LogP contribution in [0.2, 0.25) is 0 Å². The van der Waals surface area contributed by atoms with E-state index in [4.69, 9.17) is 13.7 Å². The molecule has 0 bridgehead atoms. The molecule has 4 rings (SSSR count). The highest BCUT2D eigenvalue weighted by atomic mass is 32.1. The molecule has 10 heteroatoms. The summed E-state index contributed by atoms with van der Waals surface area (Å²) in [6.45, 7) is 1.35. The lowest BCUT2D eigenvalue weighted by atomic mass is 10.2. The fraction of sp³-hybridized carbons (Fsp3) is 0.188. The molecule has 0 spiro atoms. The SMILES string of the molecule is Cc1oc2ncn(C)c(=O)c2c1C(=O)OCc1nc(-c2ccsc2)no1. The van der Waals surface area contributed by atoms with Crippen molar-refractivity contribution in [3.63, 3.8) is 0 Å². The molecule has 0 aliphatic heterocycles. The van der Waals surface area contributed by atoms with Gasteiger partial charge in [0.1, 0.15) is 23.0 Å². The smallest absolute Gasteiger partial charge is 0.343 e. The van der Waals surface area contributed by atoms with Crippen molar-refractivity contribution >= 4 is 28.4 Å². The molecule has 0 N–H and O–H groups in total. The molecule has 0 amide bonds. The number of ether oxygens (including phenoxy) is 1. The molecule has 0 fully saturated rings. The number of rotatable bonds is 4. The van der Waals surface area contributed by atoms with Gasteiger partial charge in [-0.2, -0.15) is 16.3 Å². The van der Waals surface area contributed by atoms with Gasteiger partial charge in [0.25, 0.3) is 11.4 Å². The lowest BCUT2D eigenvalue weighted by Gasteiger charge is -2.01. The summed E-state index contributed by atoms with van der Waals surface area (Å²) in [5.74, 6) is 0.100. The van der Waals surface area contributed by atoms with E-state index in [1.165, 1.54) is 29.3 Å². The molecule has 4 aromatic heterocycles. The van der Waals surface area contributed by atoms with Gasteiger partial charge in [-0.3, -0.25) is 4.79 Å². The first-order chi connectivity index (χ1) is 12.5. The second kappa shape index (κ2) is 6.23. The topological polar surface area (TPSA) is 113 Å². The van der Waals surface area contributed by atoms with Crippen LogP contribution >= 0.6 is 11.3 Å². The van der Waals surface area contributed by atoms with E-state index in [9.17, 15) is 9.59 Å². The number of aromatic nitrogens is 4. The third-order valence-electron chi connectivity index (χ3n) is 3.73.